The number of nitrogens with one attached hydrogen (secondary N) is 1. The lowest BCUT2D eigenvalue weighted by molar-refractivity contribution is -0.155. The van der Waals surface area contributed by atoms with Gasteiger partial charge in [0.2, 0.25) is 0 Å². The van der Waals surface area contributed by atoms with E-state index in [1.54, 1.807) is 4.90 Å². The van der Waals surface area contributed by atoms with E-state index in [0.29, 0.717) is 25.1 Å². The molecule has 1 aromatic carbocycles. The average Bonchev–Trinajstić information content (AvgIpc) is 2.97. The van der Waals surface area contributed by atoms with Crippen molar-refractivity contribution in [3.63, 3.8) is 0 Å². The predicted molar refractivity (Wildman–Crippen MR) is 90.1 cm³/mol. The molecule has 0 spiro atoms. The van der Waals surface area contributed by atoms with Gasteiger partial charge in [0.25, 0.3) is 5.91 Å². The van der Waals surface area contributed by atoms with Crippen LogP contribution >= 0.6 is 0 Å². The molecule has 1 aromatic heterocycles. The number of likely N-dealkylation sites (tertiary alicyclic amines) is 1. The van der Waals surface area contributed by atoms with Crippen LogP contribution in [0.25, 0.3) is 10.9 Å². The second-order valence-electron chi connectivity index (χ2n) is 6.62. The van der Waals surface area contributed by atoms with Crippen molar-refractivity contribution < 1.29 is 19.4 Å². The Bertz CT molecular complexity index is 778. The Morgan fingerprint density at radius 1 is 1.38 bits per heavy atom. The predicted octanol–water partition coefficient (Wildman–Crippen LogP) is 2.43. The fourth-order valence-electron chi connectivity index (χ4n) is 3.46. The summed E-state index contributed by atoms with van der Waals surface area (Å²) in [6, 6.07) is 7.79. The van der Waals surface area contributed by atoms with Crippen LogP contribution in [0, 0.1) is 12.3 Å². The molecule has 2 aromatic rings. The molecule has 128 valence electrons. The maximum Gasteiger partial charge on any atom is 0.313 e. The van der Waals surface area contributed by atoms with E-state index < -0.39 is 11.4 Å². The molecule has 1 fully saturated rings. The van der Waals surface area contributed by atoms with Crippen molar-refractivity contribution in [1.82, 2.24) is 9.88 Å². The molecule has 0 radical (unpaired) electrons. The van der Waals surface area contributed by atoms with Crippen LogP contribution in [0.5, 0.6) is 0 Å². The third-order valence-corrected chi connectivity index (χ3v) is 4.75. The smallest absolute Gasteiger partial charge is 0.313 e. The Hall–Kier alpha value is -2.34. The lowest BCUT2D eigenvalue weighted by Gasteiger charge is -2.39. The highest BCUT2D eigenvalue weighted by atomic mass is 16.5. The number of H-pyrrole nitrogens is 1. The number of hydrogen-bond acceptors (Lipinski definition) is 3. The van der Waals surface area contributed by atoms with E-state index in [-0.39, 0.29) is 19.1 Å². The summed E-state index contributed by atoms with van der Waals surface area (Å²) >= 11 is 0. The molecule has 2 N–H and O–H groups in total. The zero-order chi connectivity index (χ0) is 17.3. The maximum absolute atomic E-state index is 12.8. The van der Waals surface area contributed by atoms with Crippen LogP contribution in [0.1, 0.15) is 28.9 Å². The number of fused-ring (bicyclic) bond motifs is 1. The van der Waals surface area contributed by atoms with Crippen LogP contribution in [0.15, 0.2) is 24.3 Å². The van der Waals surface area contributed by atoms with Gasteiger partial charge in [0.15, 0.2) is 0 Å². The van der Waals surface area contributed by atoms with Crippen molar-refractivity contribution >= 4 is 22.8 Å². The number of carboxylic acid groups (broad SMARTS) is 1. The molecule has 1 amide bonds. The minimum atomic E-state index is -1.02. The fraction of sp³-hybridized carbons (Fsp3) is 0.444. The molecule has 1 saturated heterocycles. The Kier molecular flexibility index (Phi) is 4.32. The molecule has 0 saturated carbocycles. The Morgan fingerprint density at radius 2 is 2.17 bits per heavy atom. The van der Waals surface area contributed by atoms with Crippen molar-refractivity contribution in [2.45, 2.75) is 19.8 Å². The number of methoxy groups -OCH3 is 1. The number of rotatable bonds is 4. The summed E-state index contributed by atoms with van der Waals surface area (Å²) in [5, 5.41) is 10.6. The first-order chi connectivity index (χ1) is 11.4. The van der Waals surface area contributed by atoms with E-state index in [4.69, 9.17) is 4.74 Å². The minimum absolute atomic E-state index is 0.109. The number of aryl methyl sites for hydroxylation is 1. The summed E-state index contributed by atoms with van der Waals surface area (Å²) in [4.78, 5) is 29.3. The SMILES string of the molecule is COCC1(C(=O)O)CCCN(C(=O)c2cc3ccc(C)cc3[nH]2)C1. The molecule has 2 heterocycles. The largest absolute Gasteiger partial charge is 0.481 e. The zero-order valence-electron chi connectivity index (χ0n) is 14.0. The van der Waals surface area contributed by atoms with Crippen LogP contribution in [0.3, 0.4) is 0 Å². The second kappa shape index (κ2) is 6.28. The van der Waals surface area contributed by atoms with Gasteiger partial charge in [0.05, 0.1) is 6.61 Å². The van der Waals surface area contributed by atoms with Crippen molar-refractivity contribution in [1.29, 1.82) is 0 Å². The van der Waals surface area contributed by atoms with E-state index >= 15 is 0 Å². The van der Waals surface area contributed by atoms with Gasteiger partial charge >= 0.3 is 5.97 Å². The standard InChI is InChI=1S/C18H22N2O4/c1-12-4-5-13-9-15(19-14(13)8-12)16(21)20-7-3-6-18(10-20,11-24-2)17(22)23/h4-5,8-9,19H,3,6-7,10-11H2,1-2H3,(H,22,23). The Balaban J connectivity index is 1.86. The Morgan fingerprint density at radius 3 is 2.88 bits per heavy atom. The Labute approximate surface area is 140 Å². The minimum Gasteiger partial charge on any atom is -0.481 e. The van der Waals surface area contributed by atoms with Crippen LogP contribution in [-0.2, 0) is 9.53 Å². The lowest BCUT2D eigenvalue weighted by Crippen LogP contribution is -2.52. The van der Waals surface area contributed by atoms with Crippen LogP contribution in [0.2, 0.25) is 0 Å². The van der Waals surface area contributed by atoms with Gasteiger partial charge in [-0.15, -0.1) is 0 Å². The fourth-order valence-corrected chi connectivity index (χ4v) is 3.46. The summed E-state index contributed by atoms with van der Waals surface area (Å²) < 4.78 is 5.11. The summed E-state index contributed by atoms with van der Waals surface area (Å²) in [7, 11) is 1.49. The highest BCUT2D eigenvalue weighted by Crippen LogP contribution is 2.32. The maximum atomic E-state index is 12.8. The molecule has 0 aliphatic carbocycles. The van der Waals surface area contributed by atoms with Gasteiger partial charge in [-0.3, -0.25) is 9.59 Å². The van der Waals surface area contributed by atoms with Crippen molar-refractivity contribution in [3.8, 4) is 0 Å². The number of benzene rings is 1. The number of carbonyl (C=O) groups is 2. The monoisotopic (exact) mass is 330 g/mol. The summed E-state index contributed by atoms with van der Waals surface area (Å²) in [5.74, 6) is -1.07. The molecule has 1 atom stereocenters. The number of hydrogen-bond donors (Lipinski definition) is 2. The highest BCUT2D eigenvalue weighted by molar-refractivity contribution is 5.98. The quantitative estimate of drug-likeness (QED) is 0.902. The first-order valence-corrected chi connectivity index (χ1v) is 8.06. The zero-order valence-corrected chi connectivity index (χ0v) is 14.0. The number of piperidine rings is 1. The van der Waals surface area contributed by atoms with Gasteiger partial charge < -0.3 is 19.7 Å². The lowest BCUT2D eigenvalue weighted by atomic mass is 9.80. The van der Waals surface area contributed by atoms with E-state index in [1.165, 1.54) is 7.11 Å². The first kappa shape index (κ1) is 16.5. The van der Waals surface area contributed by atoms with Gasteiger partial charge in [-0.25, -0.2) is 0 Å². The van der Waals surface area contributed by atoms with E-state index in [9.17, 15) is 14.7 Å². The molecule has 1 unspecified atom stereocenters. The molecule has 3 rings (SSSR count). The van der Waals surface area contributed by atoms with Gasteiger partial charge in [0, 0.05) is 31.1 Å². The molecule has 1 aliphatic heterocycles. The third kappa shape index (κ3) is 2.89. The van der Waals surface area contributed by atoms with Crippen LogP contribution < -0.4 is 0 Å². The molecular formula is C18H22N2O4. The highest BCUT2D eigenvalue weighted by Gasteiger charge is 2.44. The number of ether oxygens (including phenoxy) is 1. The molecule has 24 heavy (non-hydrogen) atoms. The number of aromatic nitrogens is 1. The second-order valence-corrected chi connectivity index (χ2v) is 6.62. The molecule has 1 aliphatic rings. The summed E-state index contributed by atoms with van der Waals surface area (Å²) in [6.07, 6.45) is 1.17. The van der Waals surface area contributed by atoms with Gasteiger partial charge in [-0.2, -0.15) is 0 Å². The molecule has 6 nitrogen and oxygen atoms in total. The molecular weight excluding hydrogens is 308 g/mol. The van der Waals surface area contributed by atoms with Gasteiger partial charge in [0.1, 0.15) is 11.1 Å². The summed E-state index contributed by atoms with van der Waals surface area (Å²) in [5.41, 5.74) is 1.50. The molecule has 6 heteroatoms. The van der Waals surface area contributed by atoms with Gasteiger partial charge in [-0.05, 0) is 37.5 Å². The third-order valence-electron chi connectivity index (χ3n) is 4.75. The van der Waals surface area contributed by atoms with E-state index in [2.05, 4.69) is 4.98 Å². The normalized spacial score (nSPS) is 21.2. The van der Waals surface area contributed by atoms with Crippen molar-refractivity contribution in [2.75, 3.05) is 26.8 Å². The van der Waals surface area contributed by atoms with Crippen LogP contribution in [0.4, 0.5) is 0 Å². The first-order valence-electron chi connectivity index (χ1n) is 8.06. The van der Waals surface area contributed by atoms with Crippen molar-refractivity contribution in [2.24, 2.45) is 5.41 Å². The van der Waals surface area contributed by atoms with Gasteiger partial charge in [-0.1, -0.05) is 12.1 Å². The number of carbonyl (C=O) groups excluding carboxylic acids is 1. The van der Waals surface area contributed by atoms with E-state index in [0.717, 1.165) is 16.5 Å². The molecule has 0 bridgehead atoms. The number of nitrogens with zero attached hydrogens (tertiary/aromatic N) is 1. The average molecular weight is 330 g/mol. The number of carboxylic acids is 1. The summed E-state index contributed by atoms with van der Waals surface area (Å²) in [6.45, 7) is 2.84. The number of aliphatic carboxylic acids is 1. The number of aromatic amines is 1. The van der Waals surface area contributed by atoms with Crippen molar-refractivity contribution in [3.05, 3.63) is 35.5 Å². The van der Waals surface area contributed by atoms with E-state index in [1.807, 2.05) is 31.2 Å². The van der Waals surface area contributed by atoms with Crippen LogP contribution in [-0.4, -0.2) is 53.7 Å². The topological polar surface area (TPSA) is 82.6 Å². The number of amides is 1.